The summed E-state index contributed by atoms with van der Waals surface area (Å²) < 4.78 is 0. The minimum Gasteiger partial charge on any atom is -0.325 e. The summed E-state index contributed by atoms with van der Waals surface area (Å²) in [7, 11) is 0. The largest absolute Gasteiger partial charge is 0.325 e. The van der Waals surface area contributed by atoms with Gasteiger partial charge in [0.05, 0.1) is 0 Å². The highest BCUT2D eigenvalue weighted by molar-refractivity contribution is 4.93. The molecule has 114 valence electrons. The Labute approximate surface area is 121 Å². The summed E-state index contributed by atoms with van der Waals surface area (Å²) in [6.07, 6.45) is 14.6. The Kier molecular flexibility index (Phi) is 6.86. The third-order valence-corrected chi connectivity index (χ3v) is 5.78. The molecular formula is C18H37N. The molecule has 0 aromatic rings. The molecule has 1 fully saturated rings. The van der Waals surface area contributed by atoms with E-state index in [1.165, 1.54) is 70.6 Å². The second-order valence-electron chi connectivity index (χ2n) is 7.64. The molecule has 1 nitrogen and oxygen atoms in total. The Balaban J connectivity index is 2.27. The molecule has 0 aromatic heterocycles. The molecule has 0 radical (unpaired) electrons. The van der Waals surface area contributed by atoms with Crippen LogP contribution in [0.1, 0.15) is 98.3 Å². The number of hydrogen-bond donors (Lipinski definition) is 1. The van der Waals surface area contributed by atoms with Gasteiger partial charge >= 0.3 is 0 Å². The van der Waals surface area contributed by atoms with Crippen LogP contribution in [0.5, 0.6) is 0 Å². The van der Waals surface area contributed by atoms with Crippen molar-refractivity contribution in [2.45, 2.75) is 104 Å². The molecule has 0 saturated heterocycles. The molecule has 0 bridgehead atoms. The Hall–Kier alpha value is -0.0400. The van der Waals surface area contributed by atoms with Crippen molar-refractivity contribution >= 4 is 0 Å². The van der Waals surface area contributed by atoms with E-state index in [0.29, 0.717) is 5.41 Å². The summed E-state index contributed by atoms with van der Waals surface area (Å²) in [4.78, 5) is 0. The fourth-order valence-electron chi connectivity index (χ4n) is 3.59. The molecule has 0 spiro atoms. The van der Waals surface area contributed by atoms with Gasteiger partial charge < -0.3 is 5.73 Å². The zero-order valence-corrected chi connectivity index (χ0v) is 13.9. The standard InChI is InChI=1S/C18H37N/c1-5-7-8-9-10-13-18(19)14-11-16(12-15-18)17(3,4)6-2/h16H,5-15,19H2,1-4H3. The van der Waals surface area contributed by atoms with E-state index in [-0.39, 0.29) is 5.54 Å². The first-order chi connectivity index (χ1) is 8.93. The molecule has 1 aliphatic rings. The molecule has 0 aromatic carbocycles. The van der Waals surface area contributed by atoms with E-state index in [4.69, 9.17) is 5.73 Å². The lowest BCUT2D eigenvalue weighted by molar-refractivity contribution is 0.110. The number of unbranched alkanes of at least 4 members (excludes halogenated alkanes) is 4. The van der Waals surface area contributed by atoms with Crippen molar-refractivity contribution in [1.82, 2.24) is 0 Å². The molecule has 0 atom stereocenters. The molecule has 1 saturated carbocycles. The lowest BCUT2D eigenvalue weighted by Crippen LogP contribution is -2.45. The highest BCUT2D eigenvalue weighted by atomic mass is 14.7. The fourth-order valence-corrected chi connectivity index (χ4v) is 3.59. The first kappa shape index (κ1) is 17.0. The van der Waals surface area contributed by atoms with Crippen molar-refractivity contribution in [2.75, 3.05) is 0 Å². The highest BCUT2D eigenvalue weighted by Gasteiger charge is 2.36. The molecule has 2 N–H and O–H groups in total. The Morgan fingerprint density at radius 1 is 1.00 bits per heavy atom. The van der Waals surface area contributed by atoms with Gasteiger partial charge in [0.2, 0.25) is 0 Å². The van der Waals surface area contributed by atoms with Crippen LogP contribution in [0.15, 0.2) is 0 Å². The average Bonchev–Trinajstić information content (AvgIpc) is 2.39. The van der Waals surface area contributed by atoms with E-state index in [1.54, 1.807) is 0 Å². The molecule has 1 heteroatoms. The van der Waals surface area contributed by atoms with Gasteiger partial charge in [0.15, 0.2) is 0 Å². The predicted molar refractivity (Wildman–Crippen MR) is 86.3 cm³/mol. The molecule has 0 amide bonds. The van der Waals surface area contributed by atoms with Gasteiger partial charge in [-0.2, -0.15) is 0 Å². The lowest BCUT2D eigenvalue weighted by atomic mass is 9.65. The summed E-state index contributed by atoms with van der Waals surface area (Å²) in [6, 6.07) is 0. The van der Waals surface area contributed by atoms with Crippen LogP contribution in [0.4, 0.5) is 0 Å². The number of nitrogens with two attached hydrogens (primary N) is 1. The van der Waals surface area contributed by atoms with Crippen molar-refractivity contribution in [1.29, 1.82) is 0 Å². The summed E-state index contributed by atoms with van der Waals surface area (Å²) in [5.41, 5.74) is 7.31. The van der Waals surface area contributed by atoms with Gasteiger partial charge in [0.25, 0.3) is 0 Å². The average molecular weight is 268 g/mol. The first-order valence-corrected chi connectivity index (χ1v) is 8.72. The van der Waals surface area contributed by atoms with E-state index in [0.717, 1.165) is 5.92 Å². The van der Waals surface area contributed by atoms with Gasteiger partial charge in [-0.05, 0) is 43.4 Å². The van der Waals surface area contributed by atoms with Crippen molar-refractivity contribution in [3.63, 3.8) is 0 Å². The first-order valence-electron chi connectivity index (χ1n) is 8.72. The maximum absolute atomic E-state index is 6.62. The van der Waals surface area contributed by atoms with E-state index >= 15 is 0 Å². The van der Waals surface area contributed by atoms with Gasteiger partial charge in [0.1, 0.15) is 0 Å². The Bertz CT molecular complexity index is 236. The molecule has 1 aliphatic carbocycles. The van der Waals surface area contributed by atoms with Gasteiger partial charge in [-0.1, -0.05) is 66.2 Å². The van der Waals surface area contributed by atoms with Crippen LogP contribution in [0.3, 0.4) is 0 Å². The summed E-state index contributed by atoms with van der Waals surface area (Å²) in [5, 5.41) is 0. The SMILES string of the molecule is CCCCCCCC1(N)CCC(C(C)(C)CC)CC1. The topological polar surface area (TPSA) is 26.0 Å². The van der Waals surface area contributed by atoms with Gasteiger partial charge in [-0.25, -0.2) is 0 Å². The van der Waals surface area contributed by atoms with Crippen LogP contribution in [-0.2, 0) is 0 Å². The Morgan fingerprint density at radius 3 is 2.11 bits per heavy atom. The van der Waals surface area contributed by atoms with E-state index in [9.17, 15) is 0 Å². The van der Waals surface area contributed by atoms with E-state index in [2.05, 4.69) is 27.7 Å². The minimum atomic E-state index is 0.173. The second kappa shape index (κ2) is 7.67. The van der Waals surface area contributed by atoms with Crippen LogP contribution in [0, 0.1) is 11.3 Å². The summed E-state index contributed by atoms with van der Waals surface area (Å²) >= 11 is 0. The van der Waals surface area contributed by atoms with Crippen molar-refractivity contribution in [2.24, 2.45) is 17.1 Å². The lowest BCUT2D eigenvalue weighted by Gasteiger charge is -2.43. The third-order valence-electron chi connectivity index (χ3n) is 5.78. The Morgan fingerprint density at radius 2 is 1.58 bits per heavy atom. The van der Waals surface area contributed by atoms with E-state index in [1.807, 2.05) is 0 Å². The maximum Gasteiger partial charge on any atom is 0.0154 e. The molecular weight excluding hydrogens is 230 g/mol. The molecule has 1 rings (SSSR count). The number of hydrogen-bond acceptors (Lipinski definition) is 1. The normalized spacial score (nSPS) is 28.6. The summed E-state index contributed by atoms with van der Waals surface area (Å²) in [6.45, 7) is 9.48. The van der Waals surface area contributed by atoms with Crippen molar-refractivity contribution < 1.29 is 0 Å². The van der Waals surface area contributed by atoms with Crippen LogP contribution in [-0.4, -0.2) is 5.54 Å². The molecule has 0 aliphatic heterocycles. The molecule has 0 heterocycles. The van der Waals surface area contributed by atoms with Crippen LogP contribution in [0.25, 0.3) is 0 Å². The van der Waals surface area contributed by atoms with Gasteiger partial charge in [-0.3, -0.25) is 0 Å². The highest BCUT2D eigenvalue weighted by Crippen LogP contribution is 2.43. The monoisotopic (exact) mass is 267 g/mol. The van der Waals surface area contributed by atoms with Gasteiger partial charge in [0, 0.05) is 5.54 Å². The van der Waals surface area contributed by atoms with E-state index < -0.39 is 0 Å². The zero-order valence-electron chi connectivity index (χ0n) is 13.9. The molecule has 0 unspecified atom stereocenters. The number of rotatable bonds is 8. The second-order valence-corrected chi connectivity index (χ2v) is 7.64. The van der Waals surface area contributed by atoms with Crippen molar-refractivity contribution in [3.8, 4) is 0 Å². The fraction of sp³-hybridized carbons (Fsp3) is 1.00. The predicted octanol–water partition coefficient (Wildman–Crippen LogP) is 5.67. The minimum absolute atomic E-state index is 0.173. The van der Waals surface area contributed by atoms with Crippen LogP contribution in [0.2, 0.25) is 0 Å². The quantitative estimate of drug-likeness (QED) is 0.563. The van der Waals surface area contributed by atoms with Gasteiger partial charge in [-0.15, -0.1) is 0 Å². The van der Waals surface area contributed by atoms with Crippen LogP contribution < -0.4 is 5.73 Å². The van der Waals surface area contributed by atoms with Crippen LogP contribution >= 0.6 is 0 Å². The third kappa shape index (κ3) is 5.45. The maximum atomic E-state index is 6.62. The molecule has 19 heavy (non-hydrogen) atoms. The zero-order chi connectivity index (χ0) is 14.4. The smallest absolute Gasteiger partial charge is 0.0154 e. The van der Waals surface area contributed by atoms with Crippen molar-refractivity contribution in [3.05, 3.63) is 0 Å². The summed E-state index contributed by atoms with van der Waals surface area (Å²) in [5.74, 6) is 0.897.